The fourth-order valence-electron chi connectivity index (χ4n) is 3.89. The van der Waals surface area contributed by atoms with E-state index in [1.54, 1.807) is 30.1 Å². The van der Waals surface area contributed by atoms with Crippen molar-refractivity contribution < 1.29 is 9.47 Å². The van der Waals surface area contributed by atoms with Crippen molar-refractivity contribution in [3.8, 4) is 29.2 Å². The molecular weight excluding hydrogens is 416 g/mol. The lowest BCUT2D eigenvalue weighted by Gasteiger charge is -2.11. The molecule has 1 aromatic carbocycles. The zero-order valence-corrected chi connectivity index (χ0v) is 17.5. The van der Waals surface area contributed by atoms with Gasteiger partial charge >= 0.3 is 6.01 Å². The molecule has 0 aliphatic heterocycles. The molecule has 0 bridgehead atoms. The summed E-state index contributed by atoms with van der Waals surface area (Å²) in [4.78, 5) is 13.0. The second-order valence-corrected chi connectivity index (χ2v) is 7.67. The number of hydrogen-bond acceptors (Lipinski definition) is 7. The van der Waals surface area contributed by atoms with Crippen LogP contribution in [0.5, 0.6) is 11.9 Å². The quantitative estimate of drug-likeness (QED) is 0.470. The monoisotopic (exact) mass is 432 g/mol. The average Bonchev–Trinajstić information content (AvgIpc) is 3.46. The Labute approximate surface area is 183 Å². The van der Waals surface area contributed by atoms with Gasteiger partial charge in [-0.15, -0.1) is 0 Å². The van der Waals surface area contributed by atoms with Crippen LogP contribution in [-0.4, -0.2) is 38.8 Å². The molecule has 0 N–H and O–H groups in total. The Kier molecular flexibility index (Phi) is 4.68. The smallest absolute Gasteiger partial charge is 0.319 e. The minimum atomic E-state index is 0.225. The Morgan fingerprint density at radius 1 is 1.16 bits per heavy atom. The Balaban J connectivity index is 1.57. The van der Waals surface area contributed by atoms with Crippen molar-refractivity contribution in [2.75, 3.05) is 14.2 Å². The van der Waals surface area contributed by atoms with Crippen molar-refractivity contribution in [3.05, 3.63) is 64.6 Å². The first-order chi connectivity index (χ1) is 15.1. The zero-order chi connectivity index (χ0) is 21.5. The van der Waals surface area contributed by atoms with Gasteiger partial charge < -0.3 is 9.47 Å². The lowest BCUT2D eigenvalue weighted by Crippen LogP contribution is -2.02. The number of imidazole rings is 1. The maximum atomic E-state index is 9.30. The molecule has 1 saturated carbocycles. The molecule has 2 atom stereocenters. The van der Waals surface area contributed by atoms with Gasteiger partial charge in [0.1, 0.15) is 6.07 Å². The van der Waals surface area contributed by atoms with Crippen molar-refractivity contribution in [2.24, 2.45) is 0 Å². The first-order valence-corrected chi connectivity index (χ1v) is 10.00. The number of nitrogens with zero attached hydrogens (tertiary/aromatic N) is 6. The van der Waals surface area contributed by atoms with Crippen LogP contribution in [0.1, 0.15) is 34.9 Å². The predicted molar refractivity (Wildman–Crippen MR) is 113 cm³/mol. The molecule has 1 aliphatic carbocycles. The van der Waals surface area contributed by atoms with Crippen molar-refractivity contribution in [1.29, 1.82) is 5.26 Å². The summed E-state index contributed by atoms with van der Waals surface area (Å²) in [5.41, 5.74) is 4.81. The molecule has 0 saturated heterocycles. The Hall–Kier alpha value is -3.70. The molecule has 0 radical (unpaired) electrons. The summed E-state index contributed by atoms with van der Waals surface area (Å²) in [6.45, 7) is 0. The lowest BCUT2D eigenvalue weighted by atomic mass is 10.0. The standard InChI is InChI=1S/C22H17ClN6O2/c1-30-21-17(11-26-22(27-21)31-2)19-9-16(20-25-5-6-29(20)28-19)15-8-14(15)12-3-4-18(23)13(7-12)10-24/h3-7,9,11,14-15H,8H2,1-2H3/t14-,15+/m1/s1. The highest BCUT2D eigenvalue weighted by Gasteiger charge is 2.41. The number of ether oxygens (including phenoxy) is 2. The number of nitriles is 1. The van der Waals surface area contributed by atoms with Crippen LogP contribution in [0.25, 0.3) is 16.9 Å². The third kappa shape index (κ3) is 3.33. The third-order valence-corrected chi connectivity index (χ3v) is 5.83. The summed E-state index contributed by atoms with van der Waals surface area (Å²) in [6, 6.07) is 10.0. The highest BCUT2D eigenvalue weighted by Crippen LogP contribution is 2.56. The summed E-state index contributed by atoms with van der Waals surface area (Å²) >= 11 is 6.10. The van der Waals surface area contributed by atoms with Crippen molar-refractivity contribution >= 4 is 17.2 Å². The SMILES string of the molecule is COc1ncc(-c2cc([C@H]3C[C@@H]3c3ccc(Cl)c(C#N)c3)c3nccn3n2)c(OC)n1. The van der Waals surface area contributed by atoms with Gasteiger partial charge in [-0.05, 0) is 42.0 Å². The summed E-state index contributed by atoms with van der Waals surface area (Å²) < 4.78 is 12.3. The van der Waals surface area contributed by atoms with Gasteiger partial charge in [0.05, 0.1) is 36.1 Å². The molecular formula is C22H17ClN6O2. The Bertz CT molecular complexity index is 1350. The van der Waals surface area contributed by atoms with E-state index in [-0.39, 0.29) is 17.8 Å². The van der Waals surface area contributed by atoms with Gasteiger partial charge in [0, 0.05) is 24.2 Å². The van der Waals surface area contributed by atoms with Gasteiger partial charge in [0.2, 0.25) is 5.88 Å². The highest BCUT2D eigenvalue weighted by molar-refractivity contribution is 6.31. The van der Waals surface area contributed by atoms with E-state index in [1.807, 2.05) is 24.4 Å². The zero-order valence-electron chi connectivity index (χ0n) is 16.8. The molecule has 3 heterocycles. The number of rotatable bonds is 5. The number of halogens is 1. The predicted octanol–water partition coefficient (Wildman–Crippen LogP) is 4.00. The molecule has 5 rings (SSSR count). The molecule has 1 aliphatic rings. The topological polar surface area (TPSA) is 98.2 Å². The minimum Gasteiger partial charge on any atom is -0.480 e. The number of hydrogen-bond donors (Lipinski definition) is 0. The molecule has 0 unspecified atom stereocenters. The van der Waals surface area contributed by atoms with Gasteiger partial charge in [0.15, 0.2) is 5.65 Å². The largest absolute Gasteiger partial charge is 0.480 e. The molecule has 31 heavy (non-hydrogen) atoms. The second-order valence-electron chi connectivity index (χ2n) is 7.26. The normalized spacial score (nSPS) is 17.4. The van der Waals surface area contributed by atoms with E-state index in [1.165, 1.54) is 7.11 Å². The van der Waals surface area contributed by atoms with Crippen LogP contribution in [0.4, 0.5) is 0 Å². The fourth-order valence-corrected chi connectivity index (χ4v) is 4.05. The Morgan fingerprint density at radius 2 is 2.03 bits per heavy atom. The second kappa shape index (κ2) is 7.52. The summed E-state index contributed by atoms with van der Waals surface area (Å²) in [6.07, 6.45) is 6.13. The molecule has 154 valence electrons. The molecule has 3 aromatic heterocycles. The molecule has 8 nitrogen and oxygen atoms in total. The summed E-state index contributed by atoms with van der Waals surface area (Å²) in [7, 11) is 3.05. The number of methoxy groups -OCH3 is 2. The van der Waals surface area contributed by atoms with Gasteiger partial charge in [0.25, 0.3) is 0 Å². The van der Waals surface area contributed by atoms with Crippen molar-refractivity contribution in [3.63, 3.8) is 0 Å². The highest BCUT2D eigenvalue weighted by atomic mass is 35.5. The van der Waals surface area contributed by atoms with E-state index in [0.29, 0.717) is 27.7 Å². The van der Waals surface area contributed by atoms with Crippen LogP contribution >= 0.6 is 11.6 Å². The minimum absolute atomic E-state index is 0.225. The van der Waals surface area contributed by atoms with Crippen LogP contribution in [0.3, 0.4) is 0 Å². The molecule has 1 fully saturated rings. The van der Waals surface area contributed by atoms with Gasteiger partial charge in [-0.25, -0.2) is 14.5 Å². The number of benzene rings is 1. The van der Waals surface area contributed by atoms with E-state index in [9.17, 15) is 5.26 Å². The molecule has 9 heteroatoms. The van der Waals surface area contributed by atoms with E-state index >= 15 is 0 Å². The van der Waals surface area contributed by atoms with Crippen molar-refractivity contribution in [2.45, 2.75) is 18.3 Å². The van der Waals surface area contributed by atoms with Crippen molar-refractivity contribution in [1.82, 2.24) is 24.6 Å². The summed E-state index contributed by atoms with van der Waals surface area (Å²) in [5.74, 6) is 0.923. The lowest BCUT2D eigenvalue weighted by molar-refractivity contribution is 0.353. The Morgan fingerprint density at radius 3 is 2.81 bits per heavy atom. The van der Waals surface area contributed by atoms with Crippen LogP contribution in [0.15, 0.2) is 42.9 Å². The fraction of sp³-hybridized carbons (Fsp3) is 0.227. The first kappa shape index (κ1) is 19.3. The van der Waals surface area contributed by atoms with Crippen LogP contribution in [0.2, 0.25) is 5.02 Å². The maximum absolute atomic E-state index is 9.30. The van der Waals surface area contributed by atoms with E-state index in [2.05, 4.69) is 26.1 Å². The van der Waals surface area contributed by atoms with Gasteiger partial charge in [-0.2, -0.15) is 15.3 Å². The molecule has 0 spiro atoms. The first-order valence-electron chi connectivity index (χ1n) is 9.62. The van der Waals surface area contributed by atoms with Crippen LogP contribution in [0, 0.1) is 11.3 Å². The maximum Gasteiger partial charge on any atom is 0.319 e. The third-order valence-electron chi connectivity index (χ3n) is 5.50. The van der Waals surface area contributed by atoms with Crippen LogP contribution < -0.4 is 9.47 Å². The number of fused-ring (bicyclic) bond motifs is 1. The van der Waals surface area contributed by atoms with Crippen LogP contribution in [-0.2, 0) is 0 Å². The molecule has 0 amide bonds. The van der Waals surface area contributed by atoms with E-state index in [4.69, 9.17) is 21.1 Å². The van der Waals surface area contributed by atoms with E-state index < -0.39 is 0 Å². The number of aromatic nitrogens is 5. The average molecular weight is 433 g/mol. The van der Waals surface area contributed by atoms with Gasteiger partial charge in [-0.3, -0.25) is 0 Å². The van der Waals surface area contributed by atoms with Gasteiger partial charge in [-0.1, -0.05) is 17.7 Å². The molecule has 4 aromatic rings. The van der Waals surface area contributed by atoms with E-state index in [0.717, 1.165) is 23.2 Å². The summed E-state index contributed by atoms with van der Waals surface area (Å²) in [5, 5.41) is 14.4.